The summed E-state index contributed by atoms with van der Waals surface area (Å²) in [4.78, 5) is 12.7. The molecule has 0 aliphatic carbocycles. The zero-order valence-corrected chi connectivity index (χ0v) is 6.27. The van der Waals surface area contributed by atoms with Gasteiger partial charge in [-0.2, -0.15) is 0 Å². The Bertz CT molecular complexity index is 203. The number of rotatable bonds is 3. The molecule has 11 heavy (non-hydrogen) atoms. The maximum atomic E-state index is 9.94. The van der Waals surface area contributed by atoms with Gasteiger partial charge in [-0.1, -0.05) is 12.0 Å². The lowest BCUT2D eigenvalue weighted by molar-refractivity contribution is 0.0698. The van der Waals surface area contributed by atoms with Crippen molar-refractivity contribution in [2.45, 2.75) is 18.9 Å². The van der Waals surface area contributed by atoms with Crippen LogP contribution in [0.4, 0.5) is 0 Å². The maximum absolute atomic E-state index is 9.94. The van der Waals surface area contributed by atoms with Crippen LogP contribution in [0.5, 0.6) is 0 Å². The fourth-order valence-electron chi connectivity index (χ4n) is 1.14. The monoisotopic (exact) mass is 155 g/mol. The zero-order chi connectivity index (χ0) is 8.32. The molecule has 1 saturated heterocycles. The Kier molecular flexibility index (Phi) is 1.96. The van der Waals surface area contributed by atoms with Gasteiger partial charge < -0.3 is 0 Å². The van der Waals surface area contributed by atoms with Crippen LogP contribution in [-0.2, 0) is 0 Å². The predicted molar refractivity (Wildman–Crippen MR) is 39.5 cm³/mol. The summed E-state index contributed by atoms with van der Waals surface area (Å²) >= 11 is 0. The molecule has 1 rings (SSSR count). The molecule has 0 aromatic heterocycles. The molecule has 6 heteroatoms. The van der Waals surface area contributed by atoms with Gasteiger partial charge >= 0.3 is 0 Å². The van der Waals surface area contributed by atoms with Crippen LogP contribution in [0.15, 0.2) is 10.4 Å². The van der Waals surface area contributed by atoms with E-state index in [0.29, 0.717) is 13.1 Å². The number of nitroso groups, excluding NO2 is 1. The lowest BCUT2D eigenvalue weighted by atomic mass is 9.90. The Labute approximate surface area is 63.8 Å². The van der Waals surface area contributed by atoms with Gasteiger partial charge in [0.05, 0.1) is 23.9 Å². The van der Waals surface area contributed by atoms with Crippen molar-refractivity contribution in [3.05, 3.63) is 15.3 Å². The molecule has 1 aliphatic heterocycles. The highest BCUT2D eigenvalue weighted by molar-refractivity contribution is 5.00. The molecule has 6 nitrogen and oxygen atoms in total. The molecule has 1 aliphatic rings. The van der Waals surface area contributed by atoms with Crippen LogP contribution in [0.2, 0.25) is 0 Å². The minimum atomic E-state index is -0.372. The summed E-state index contributed by atoms with van der Waals surface area (Å²) in [5.41, 5.74) is 7.82. The lowest BCUT2D eigenvalue weighted by Gasteiger charge is -2.42. The third-order valence-corrected chi connectivity index (χ3v) is 1.98. The molecule has 0 radical (unpaired) electrons. The van der Waals surface area contributed by atoms with Gasteiger partial charge in [0.15, 0.2) is 0 Å². The van der Waals surface area contributed by atoms with E-state index >= 15 is 0 Å². The smallest absolute Gasteiger partial charge is 0.0870 e. The third kappa shape index (κ3) is 1.25. The largest absolute Gasteiger partial charge is 0.259 e. The summed E-state index contributed by atoms with van der Waals surface area (Å²) in [5.74, 6) is 0. The van der Waals surface area contributed by atoms with Crippen molar-refractivity contribution in [1.29, 1.82) is 0 Å². The standard InChI is InChI=1S/C5H9N5O/c1-2-5(7-8-6)3-10(4-5)9-11/h2-4H2,1H3. The van der Waals surface area contributed by atoms with Crippen LogP contribution in [0.3, 0.4) is 0 Å². The summed E-state index contributed by atoms with van der Waals surface area (Å²) in [6, 6.07) is 0. The molecule has 0 spiro atoms. The molecule has 0 amide bonds. The van der Waals surface area contributed by atoms with Gasteiger partial charge in [0, 0.05) is 4.91 Å². The van der Waals surface area contributed by atoms with Crippen molar-refractivity contribution in [2.24, 2.45) is 10.4 Å². The first kappa shape index (κ1) is 7.81. The van der Waals surface area contributed by atoms with Crippen LogP contribution in [-0.4, -0.2) is 23.6 Å². The van der Waals surface area contributed by atoms with E-state index < -0.39 is 0 Å². The van der Waals surface area contributed by atoms with E-state index in [9.17, 15) is 4.91 Å². The topological polar surface area (TPSA) is 81.4 Å². The lowest BCUT2D eigenvalue weighted by Crippen LogP contribution is -2.57. The summed E-state index contributed by atoms with van der Waals surface area (Å²) < 4.78 is 0. The highest BCUT2D eigenvalue weighted by atomic mass is 16.3. The van der Waals surface area contributed by atoms with Gasteiger partial charge in [-0.05, 0) is 12.0 Å². The second kappa shape index (κ2) is 2.75. The van der Waals surface area contributed by atoms with Crippen LogP contribution in [0.25, 0.3) is 10.4 Å². The van der Waals surface area contributed by atoms with Crippen molar-refractivity contribution in [2.75, 3.05) is 13.1 Å². The molecule has 0 unspecified atom stereocenters. The predicted octanol–water partition coefficient (Wildman–Crippen LogP) is 1.44. The first-order valence-corrected chi connectivity index (χ1v) is 3.41. The average Bonchev–Trinajstić information content (AvgIpc) is 1.96. The zero-order valence-electron chi connectivity index (χ0n) is 6.27. The molecular formula is C5H9N5O. The van der Waals surface area contributed by atoms with Crippen LogP contribution < -0.4 is 0 Å². The molecule has 1 heterocycles. The number of nitrogens with zero attached hydrogens (tertiary/aromatic N) is 5. The molecule has 0 N–H and O–H groups in total. The van der Waals surface area contributed by atoms with Crippen molar-refractivity contribution in [3.63, 3.8) is 0 Å². The van der Waals surface area contributed by atoms with E-state index in [0.717, 1.165) is 6.42 Å². The van der Waals surface area contributed by atoms with E-state index in [4.69, 9.17) is 5.53 Å². The van der Waals surface area contributed by atoms with E-state index in [1.165, 1.54) is 5.01 Å². The second-order valence-corrected chi connectivity index (χ2v) is 2.67. The van der Waals surface area contributed by atoms with Gasteiger partial charge in [0.2, 0.25) is 0 Å². The van der Waals surface area contributed by atoms with Crippen molar-refractivity contribution in [3.8, 4) is 0 Å². The Morgan fingerprint density at radius 1 is 1.73 bits per heavy atom. The number of hydrogen-bond acceptors (Lipinski definition) is 3. The highest BCUT2D eigenvalue weighted by Crippen LogP contribution is 2.28. The summed E-state index contributed by atoms with van der Waals surface area (Å²) in [6.07, 6.45) is 0.753. The van der Waals surface area contributed by atoms with Gasteiger partial charge in [0.25, 0.3) is 0 Å². The highest BCUT2D eigenvalue weighted by Gasteiger charge is 2.41. The van der Waals surface area contributed by atoms with Gasteiger partial charge in [0.1, 0.15) is 0 Å². The summed E-state index contributed by atoms with van der Waals surface area (Å²) in [5, 5.41) is 7.68. The third-order valence-electron chi connectivity index (χ3n) is 1.98. The van der Waals surface area contributed by atoms with Crippen molar-refractivity contribution >= 4 is 0 Å². The molecule has 0 atom stereocenters. The van der Waals surface area contributed by atoms with E-state index in [2.05, 4.69) is 15.3 Å². The van der Waals surface area contributed by atoms with Crippen molar-refractivity contribution in [1.82, 2.24) is 5.01 Å². The van der Waals surface area contributed by atoms with Crippen molar-refractivity contribution < 1.29 is 0 Å². The Balaban J connectivity index is 2.56. The van der Waals surface area contributed by atoms with Gasteiger partial charge in [-0.15, -0.1) is 4.91 Å². The minimum Gasteiger partial charge on any atom is -0.259 e. The fourth-order valence-corrected chi connectivity index (χ4v) is 1.14. The quantitative estimate of drug-likeness (QED) is 0.267. The van der Waals surface area contributed by atoms with Crippen LogP contribution >= 0.6 is 0 Å². The van der Waals surface area contributed by atoms with Gasteiger partial charge in [-0.3, -0.25) is 5.01 Å². The van der Waals surface area contributed by atoms with Gasteiger partial charge in [-0.25, -0.2) is 0 Å². The Hall–Kier alpha value is -1.29. The van der Waals surface area contributed by atoms with E-state index in [-0.39, 0.29) is 5.54 Å². The minimum absolute atomic E-state index is 0.372. The first-order chi connectivity index (χ1) is 5.26. The van der Waals surface area contributed by atoms with E-state index in [1.807, 2.05) is 6.92 Å². The number of azide groups is 1. The molecule has 0 saturated carbocycles. The maximum Gasteiger partial charge on any atom is 0.0870 e. The molecular weight excluding hydrogens is 146 g/mol. The Morgan fingerprint density at radius 3 is 2.73 bits per heavy atom. The second-order valence-electron chi connectivity index (χ2n) is 2.67. The fraction of sp³-hybridized carbons (Fsp3) is 1.00. The average molecular weight is 155 g/mol. The first-order valence-electron chi connectivity index (χ1n) is 3.41. The molecule has 60 valence electrons. The summed E-state index contributed by atoms with van der Waals surface area (Å²) in [6.45, 7) is 2.84. The molecule has 0 aromatic rings. The van der Waals surface area contributed by atoms with Crippen LogP contribution in [0.1, 0.15) is 13.3 Å². The van der Waals surface area contributed by atoms with Crippen LogP contribution in [0, 0.1) is 4.91 Å². The summed E-state index contributed by atoms with van der Waals surface area (Å²) in [7, 11) is 0. The molecule has 0 aromatic carbocycles. The Morgan fingerprint density at radius 2 is 2.36 bits per heavy atom. The molecule has 0 bridgehead atoms. The number of hydrogen-bond donors (Lipinski definition) is 0. The SMILES string of the molecule is CCC1(N=[N+]=[N-])CN(N=O)C1. The molecule has 1 fully saturated rings. The van der Waals surface area contributed by atoms with E-state index in [1.54, 1.807) is 0 Å². The normalized spacial score (nSPS) is 19.9.